The van der Waals surface area contributed by atoms with Gasteiger partial charge in [-0.05, 0) is 45.3 Å². The molecule has 1 amide bonds. The third kappa shape index (κ3) is 4.56. The van der Waals surface area contributed by atoms with Crippen molar-refractivity contribution in [2.45, 2.75) is 12.5 Å². The Kier molecular flexibility index (Phi) is 6.97. The Morgan fingerprint density at radius 2 is 1.77 bits per heavy atom. The molecular formula is C24H28N2O5. The topological polar surface area (TPSA) is 79.3 Å². The molecule has 1 heterocycles. The molecule has 0 unspecified atom stereocenters. The first-order valence-corrected chi connectivity index (χ1v) is 10.1. The number of carbonyl (C=O) groups is 2. The number of hydrogen-bond donors (Lipinski definition) is 1. The van der Waals surface area contributed by atoms with Gasteiger partial charge in [-0.15, -0.1) is 0 Å². The second-order valence-electron chi connectivity index (χ2n) is 7.62. The van der Waals surface area contributed by atoms with Gasteiger partial charge < -0.3 is 24.4 Å². The van der Waals surface area contributed by atoms with Crippen LogP contribution in [0.5, 0.6) is 11.5 Å². The lowest BCUT2D eigenvalue weighted by atomic mass is 9.94. The number of rotatable bonds is 8. The van der Waals surface area contributed by atoms with Crippen LogP contribution in [0.1, 0.15) is 23.6 Å². The number of Topliss-reactive ketones (excluding diaryl/α,β-unsaturated/α-hetero) is 1. The number of aliphatic hydroxyl groups is 1. The number of methoxy groups -OCH3 is 2. The predicted molar refractivity (Wildman–Crippen MR) is 118 cm³/mol. The second-order valence-corrected chi connectivity index (χ2v) is 7.62. The summed E-state index contributed by atoms with van der Waals surface area (Å²) in [6, 6.07) is 13.2. The van der Waals surface area contributed by atoms with Gasteiger partial charge in [0.15, 0.2) is 0 Å². The van der Waals surface area contributed by atoms with E-state index in [-0.39, 0.29) is 11.3 Å². The van der Waals surface area contributed by atoms with Crippen LogP contribution in [0, 0.1) is 0 Å². The minimum Gasteiger partial charge on any atom is -0.507 e. The van der Waals surface area contributed by atoms with Gasteiger partial charge >= 0.3 is 0 Å². The lowest BCUT2D eigenvalue weighted by molar-refractivity contribution is -0.140. The molecule has 0 radical (unpaired) electrons. The Morgan fingerprint density at radius 3 is 2.39 bits per heavy atom. The van der Waals surface area contributed by atoms with E-state index in [1.807, 2.05) is 25.1 Å². The molecule has 31 heavy (non-hydrogen) atoms. The minimum atomic E-state index is -0.785. The van der Waals surface area contributed by atoms with Gasteiger partial charge in [-0.1, -0.05) is 30.3 Å². The minimum absolute atomic E-state index is 0.0487. The van der Waals surface area contributed by atoms with Crippen LogP contribution in [-0.4, -0.2) is 68.0 Å². The number of aliphatic hydroxyl groups excluding tert-OH is 1. The molecule has 0 aromatic heterocycles. The van der Waals surface area contributed by atoms with Crippen molar-refractivity contribution in [2.75, 3.05) is 41.4 Å². The molecule has 0 spiro atoms. The van der Waals surface area contributed by atoms with Crippen LogP contribution in [0.25, 0.3) is 5.76 Å². The molecule has 0 aliphatic carbocycles. The highest BCUT2D eigenvalue weighted by molar-refractivity contribution is 6.46. The summed E-state index contributed by atoms with van der Waals surface area (Å²) >= 11 is 0. The third-order valence-electron chi connectivity index (χ3n) is 5.32. The maximum Gasteiger partial charge on any atom is 0.295 e. The number of ether oxygens (including phenoxy) is 2. The van der Waals surface area contributed by atoms with E-state index in [4.69, 9.17) is 9.47 Å². The zero-order valence-corrected chi connectivity index (χ0v) is 18.3. The van der Waals surface area contributed by atoms with Crippen LogP contribution >= 0.6 is 0 Å². The van der Waals surface area contributed by atoms with E-state index < -0.39 is 17.7 Å². The molecule has 0 saturated carbocycles. The molecule has 1 aliphatic heterocycles. The fraction of sp³-hybridized carbons (Fsp3) is 0.333. The summed E-state index contributed by atoms with van der Waals surface area (Å²) in [5.41, 5.74) is 1.11. The molecule has 3 rings (SSSR count). The quantitative estimate of drug-likeness (QED) is 0.399. The first kappa shape index (κ1) is 22.4. The molecule has 2 aromatic rings. The maximum atomic E-state index is 13.1. The number of hydrogen-bond acceptors (Lipinski definition) is 6. The van der Waals surface area contributed by atoms with E-state index in [9.17, 15) is 14.7 Å². The Bertz CT molecular complexity index is 985. The highest BCUT2D eigenvalue weighted by atomic mass is 16.5. The first-order valence-electron chi connectivity index (χ1n) is 10.1. The molecule has 1 N–H and O–H groups in total. The van der Waals surface area contributed by atoms with Crippen molar-refractivity contribution in [3.63, 3.8) is 0 Å². The zero-order chi connectivity index (χ0) is 22.5. The van der Waals surface area contributed by atoms with Crippen molar-refractivity contribution in [3.05, 3.63) is 65.2 Å². The molecule has 1 aliphatic rings. The highest BCUT2D eigenvalue weighted by Crippen LogP contribution is 2.43. The lowest BCUT2D eigenvalue weighted by Gasteiger charge is -2.27. The van der Waals surface area contributed by atoms with Gasteiger partial charge in [0.2, 0.25) is 0 Å². The Balaban J connectivity index is 2.18. The van der Waals surface area contributed by atoms with Gasteiger partial charge in [0.25, 0.3) is 11.7 Å². The predicted octanol–water partition coefficient (Wildman–Crippen LogP) is 3.08. The molecule has 7 nitrogen and oxygen atoms in total. The van der Waals surface area contributed by atoms with E-state index in [1.54, 1.807) is 49.6 Å². The van der Waals surface area contributed by atoms with Crippen LogP contribution in [-0.2, 0) is 9.59 Å². The Morgan fingerprint density at radius 1 is 1.06 bits per heavy atom. The standard InChI is InChI=1S/C24H28N2O5/c1-25(2)13-8-14-26-21(18-15-17(30-3)11-12-19(18)31-4)20(23(28)24(26)29)22(27)16-9-6-5-7-10-16/h5-7,9-12,15,21,27H,8,13-14H2,1-4H3/t21-/m1/s1. The van der Waals surface area contributed by atoms with Gasteiger partial charge in [-0.2, -0.15) is 0 Å². The summed E-state index contributed by atoms with van der Waals surface area (Å²) in [6.45, 7) is 1.11. The van der Waals surface area contributed by atoms with Crippen molar-refractivity contribution in [1.82, 2.24) is 9.80 Å². The van der Waals surface area contributed by atoms with Gasteiger partial charge in [0, 0.05) is 17.7 Å². The number of benzene rings is 2. The van der Waals surface area contributed by atoms with E-state index in [0.717, 1.165) is 6.54 Å². The van der Waals surface area contributed by atoms with Gasteiger partial charge in [0.05, 0.1) is 25.8 Å². The maximum absolute atomic E-state index is 13.1. The van der Waals surface area contributed by atoms with Crippen LogP contribution in [0.4, 0.5) is 0 Å². The molecule has 2 aromatic carbocycles. The van der Waals surface area contributed by atoms with Gasteiger partial charge in [0.1, 0.15) is 17.3 Å². The van der Waals surface area contributed by atoms with E-state index in [0.29, 0.717) is 35.6 Å². The van der Waals surface area contributed by atoms with Crippen LogP contribution in [0.15, 0.2) is 54.1 Å². The fourth-order valence-electron chi connectivity index (χ4n) is 3.80. The molecule has 164 valence electrons. The fourth-order valence-corrected chi connectivity index (χ4v) is 3.80. The number of amides is 1. The molecular weight excluding hydrogens is 396 g/mol. The van der Waals surface area contributed by atoms with Crippen molar-refractivity contribution in [1.29, 1.82) is 0 Å². The normalized spacial score (nSPS) is 18.0. The molecule has 0 bridgehead atoms. The first-order chi connectivity index (χ1) is 14.9. The number of likely N-dealkylation sites (tertiary alicyclic amines) is 1. The Hall–Kier alpha value is -3.32. The van der Waals surface area contributed by atoms with Gasteiger partial charge in [-0.25, -0.2) is 0 Å². The molecule has 1 atom stereocenters. The number of nitrogens with zero attached hydrogens (tertiary/aromatic N) is 2. The summed E-state index contributed by atoms with van der Waals surface area (Å²) in [7, 11) is 6.97. The Labute approximate surface area is 182 Å². The average molecular weight is 424 g/mol. The zero-order valence-electron chi connectivity index (χ0n) is 18.3. The number of ketones is 1. The average Bonchev–Trinajstić information content (AvgIpc) is 3.03. The highest BCUT2D eigenvalue weighted by Gasteiger charge is 2.47. The van der Waals surface area contributed by atoms with Crippen LogP contribution in [0.3, 0.4) is 0 Å². The van der Waals surface area contributed by atoms with Crippen molar-refractivity contribution in [2.24, 2.45) is 0 Å². The largest absolute Gasteiger partial charge is 0.507 e. The van der Waals surface area contributed by atoms with Crippen LogP contribution in [0.2, 0.25) is 0 Å². The van der Waals surface area contributed by atoms with Crippen molar-refractivity contribution in [3.8, 4) is 11.5 Å². The van der Waals surface area contributed by atoms with E-state index >= 15 is 0 Å². The monoisotopic (exact) mass is 424 g/mol. The molecule has 7 heteroatoms. The lowest BCUT2D eigenvalue weighted by Crippen LogP contribution is -2.32. The second kappa shape index (κ2) is 9.66. The van der Waals surface area contributed by atoms with E-state index in [1.165, 1.54) is 12.0 Å². The SMILES string of the molecule is COc1ccc(OC)c([C@@H]2C(=C(O)c3ccccc3)C(=O)C(=O)N2CCCN(C)C)c1. The summed E-state index contributed by atoms with van der Waals surface area (Å²) in [5, 5.41) is 11.1. The van der Waals surface area contributed by atoms with Crippen molar-refractivity contribution >= 4 is 17.4 Å². The summed E-state index contributed by atoms with van der Waals surface area (Å²) in [4.78, 5) is 29.6. The molecule has 1 fully saturated rings. The molecule has 1 saturated heterocycles. The number of carbonyl (C=O) groups excluding carboxylic acids is 2. The summed E-state index contributed by atoms with van der Waals surface area (Å²) in [5.74, 6) is -0.477. The third-order valence-corrected chi connectivity index (χ3v) is 5.32. The van der Waals surface area contributed by atoms with E-state index in [2.05, 4.69) is 0 Å². The summed E-state index contributed by atoms with van der Waals surface area (Å²) in [6.07, 6.45) is 0.675. The van der Waals surface area contributed by atoms with Gasteiger partial charge in [-0.3, -0.25) is 9.59 Å². The van der Waals surface area contributed by atoms with Crippen LogP contribution < -0.4 is 9.47 Å². The van der Waals surface area contributed by atoms with Crippen molar-refractivity contribution < 1.29 is 24.2 Å². The summed E-state index contributed by atoms with van der Waals surface area (Å²) < 4.78 is 10.9. The smallest absolute Gasteiger partial charge is 0.295 e.